The molecule has 92 valence electrons. The minimum Gasteiger partial charge on any atom is -0.288 e. The fourth-order valence-electron chi connectivity index (χ4n) is 1.52. The molecule has 0 amide bonds. The minimum atomic E-state index is -0.327. The third-order valence-electron chi connectivity index (χ3n) is 2.37. The predicted octanol–water partition coefficient (Wildman–Crippen LogP) is 5.53. The zero-order valence-electron chi connectivity index (χ0n) is 8.88. The molecule has 0 N–H and O–H groups in total. The summed E-state index contributed by atoms with van der Waals surface area (Å²) in [7, 11) is 0. The van der Waals surface area contributed by atoms with Crippen LogP contribution in [0.3, 0.4) is 0 Å². The van der Waals surface area contributed by atoms with Crippen molar-refractivity contribution in [1.82, 2.24) is 0 Å². The van der Waals surface area contributed by atoms with Gasteiger partial charge in [-0.2, -0.15) is 0 Å². The van der Waals surface area contributed by atoms with Gasteiger partial charge in [-0.25, -0.2) is 0 Å². The van der Waals surface area contributed by atoms with Gasteiger partial charge in [-0.1, -0.05) is 52.5 Å². The van der Waals surface area contributed by atoms with Gasteiger partial charge in [-0.05, 0) is 30.3 Å². The summed E-state index contributed by atoms with van der Waals surface area (Å²) in [4.78, 5) is 12.3. The van der Waals surface area contributed by atoms with Crippen LogP contribution in [0.5, 0.6) is 0 Å². The van der Waals surface area contributed by atoms with Crippen LogP contribution in [-0.2, 0) is 0 Å². The van der Waals surface area contributed by atoms with E-state index < -0.39 is 0 Å². The molecule has 0 fully saturated rings. The third-order valence-corrected chi connectivity index (χ3v) is 3.54. The van der Waals surface area contributed by atoms with E-state index in [1.54, 1.807) is 30.3 Å². The first-order valence-electron chi connectivity index (χ1n) is 4.94. The van der Waals surface area contributed by atoms with Crippen molar-refractivity contribution < 1.29 is 4.79 Å². The van der Waals surface area contributed by atoms with Crippen LogP contribution in [0.2, 0.25) is 20.1 Å². The average Bonchev–Trinajstić information content (AvgIpc) is 2.28. The molecule has 5 heteroatoms. The first kappa shape index (κ1) is 13.7. The molecule has 18 heavy (non-hydrogen) atoms. The Hall–Kier alpha value is -0.730. The number of carbonyl (C=O) groups excluding carboxylic acids is 1. The molecule has 1 nitrogen and oxygen atoms in total. The normalized spacial score (nSPS) is 10.4. The molecule has 0 saturated carbocycles. The summed E-state index contributed by atoms with van der Waals surface area (Å²) < 4.78 is 0. The Kier molecular flexibility index (Phi) is 4.18. The fraction of sp³-hybridized carbons (Fsp3) is 0. The summed E-state index contributed by atoms with van der Waals surface area (Å²) in [5.41, 5.74) is 0.557. The van der Waals surface area contributed by atoms with Crippen molar-refractivity contribution in [2.75, 3.05) is 0 Å². The van der Waals surface area contributed by atoms with Crippen molar-refractivity contribution in [2.24, 2.45) is 0 Å². The van der Waals surface area contributed by atoms with Crippen molar-refractivity contribution in [2.45, 2.75) is 0 Å². The monoisotopic (exact) mass is 318 g/mol. The maximum atomic E-state index is 12.3. The maximum absolute atomic E-state index is 12.3. The summed E-state index contributed by atoms with van der Waals surface area (Å²) >= 11 is 23.7. The van der Waals surface area contributed by atoms with Crippen LogP contribution in [0.1, 0.15) is 15.9 Å². The van der Waals surface area contributed by atoms with Gasteiger partial charge in [-0.3, -0.25) is 4.79 Å². The first-order chi connectivity index (χ1) is 8.50. The van der Waals surface area contributed by atoms with Gasteiger partial charge < -0.3 is 0 Å². The number of hydrogen-bond acceptors (Lipinski definition) is 1. The van der Waals surface area contributed by atoms with Gasteiger partial charge in [0.1, 0.15) is 0 Å². The lowest BCUT2D eigenvalue weighted by Gasteiger charge is -2.07. The molecule has 2 aromatic carbocycles. The summed E-state index contributed by atoms with van der Waals surface area (Å²) in [5, 5.41) is 1.31. The van der Waals surface area contributed by atoms with Crippen molar-refractivity contribution in [1.29, 1.82) is 0 Å². The number of carbonyl (C=O) groups is 1. The molecule has 2 rings (SSSR count). The molecule has 2 aromatic rings. The van der Waals surface area contributed by atoms with Gasteiger partial charge >= 0.3 is 0 Å². The van der Waals surface area contributed by atoms with Crippen LogP contribution >= 0.6 is 46.4 Å². The lowest BCUT2D eigenvalue weighted by atomic mass is 10.0. The van der Waals surface area contributed by atoms with Crippen LogP contribution in [0.25, 0.3) is 0 Å². The van der Waals surface area contributed by atoms with Gasteiger partial charge in [0.2, 0.25) is 0 Å². The number of benzene rings is 2. The maximum Gasteiger partial charge on any atom is 0.197 e. The molecule has 0 radical (unpaired) electrons. The van der Waals surface area contributed by atoms with E-state index in [-0.39, 0.29) is 16.4 Å². The fourth-order valence-corrected chi connectivity index (χ4v) is 2.59. The molecule has 0 spiro atoms. The van der Waals surface area contributed by atoms with Crippen LogP contribution < -0.4 is 0 Å². The zero-order chi connectivity index (χ0) is 13.3. The first-order valence-corrected chi connectivity index (χ1v) is 6.45. The molecule has 0 aliphatic heterocycles. The highest BCUT2D eigenvalue weighted by molar-refractivity contribution is 6.43. The summed E-state index contributed by atoms with van der Waals surface area (Å²) in [5.74, 6) is -0.327. The third kappa shape index (κ3) is 2.65. The minimum absolute atomic E-state index is 0.241. The number of ketones is 1. The Balaban J connectivity index is 2.55. The number of hydrogen-bond donors (Lipinski definition) is 0. The van der Waals surface area contributed by atoms with Crippen LogP contribution in [0, 0.1) is 0 Å². The van der Waals surface area contributed by atoms with E-state index in [1.807, 2.05) is 0 Å². The largest absolute Gasteiger partial charge is 0.288 e. The SMILES string of the molecule is O=C(c1ccc(Cl)cc1Cl)c1c(Cl)cccc1Cl. The Morgan fingerprint density at radius 2 is 1.44 bits per heavy atom. The van der Waals surface area contributed by atoms with E-state index in [4.69, 9.17) is 46.4 Å². The summed E-state index contributed by atoms with van der Waals surface area (Å²) in [6.45, 7) is 0. The van der Waals surface area contributed by atoms with E-state index in [0.29, 0.717) is 20.6 Å². The predicted molar refractivity (Wildman–Crippen MR) is 76.4 cm³/mol. The van der Waals surface area contributed by atoms with Gasteiger partial charge in [0, 0.05) is 10.6 Å². The van der Waals surface area contributed by atoms with Crippen LogP contribution in [-0.4, -0.2) is 5.78 Å². The molecule has 0 aliphatic carbocycles. The lowest BCUT2D eigenvalue weighted by Crippen LogP contribution is -2.04. The van der Waals surface area contributed by atoms with Gasteiger partial charge in [-0.15, -0.1) is 0 Å². The molecule has 0 bridgehead atoms. The standard InChI is InChI=1S/C13H6Cl4O/c14-7-4-5-8(11(17)6-7)13(18)12-9(15)2-1-3-10(12)16/h1-6H. The van der Waals surface area contributed by atoms with E-state index in [2.05, 4.69) is 0 Å². The smallest absolute Gasteiger partial charge is 0.197 e. The van der Waals surface area contributed by atoms with E-state index in [9.17, 15) is 4.79 Å². The molecular weight excluding hydrogens is 314 g/mol. The van der Waals surface area contributed by atoms with Gasteiger partial charge in [0.25, 0.3) is 0 Å². The van der Waals surface area contributed by atoms with Gasteiger partial charge in [0.15, 0.2) is 5.78 Å². The lowest BCUT2D eigenvalue weighted by molar-refractivity contribution is 0.103. The van der Waals surface area contributed by atoms with Crippen molar-refractivity contribution in [3.05, 3.63) is 67.6 Å². The molecule has 0 saturated heterocycles. The average molecular weight is 320 g/mol. The molecule has 0 aromatic heterocycles. The summed E-state index contributed by atoms with van der Waals surface area (Å²) in [6, 6.07) is 9.51. The van der Waals surface area contributed by atoms with Crippen LogP contribution in [0.4, 0.5) is 0 Å². The second kappa shape index (κ2) is 5.50. The van der Waals surface area contributed by atoms with Crippen molar-refractivity contribution in [3.8, 4) is 0 Å². The Bertz CT molecular complexity index is 602. The van der Waals surface area contributed by atoms with E-state index >= 15 is 0 Å². The van der Waals surface area contributed by atoms with Crippen molar-refractivity contribution in [3.63, 3.8) is 0 Å². The molecule has 0 aliphatic rings. The Morgan fingerprint density at radius 3 is 2.00 bits per heavy atom. The topological polar surface area (TPSA) is 17.1 Å². The molecule has 0 atom stereocenters. The zero-order valence-corrected chi connectivity index (χ0v) is 11.9. The van der Waals surface area contributed by atoms with Crippen LogP contribution in [0.15, 0.2) is 36.4 Å². The van der Waals surface area contributed by atoms with Crippen molar-refractivity contribution >= 4 is 52.2 Å². The number of rotatable bonds is 2. The second-order valence-electron chi connectivity index (χ2n) is 3.55. The quantitative estimate of drug-likeness (QED) is 0.665. The highest BCUT2D eigenvalue weighted by Gasteiger charge is 2.18. The summed E-state index contributed by atoms with van der Waals surface area (Å²) in [6.07, 6.45) is 0. The Morgan fingerprint density at radius 1 is 0.833 bits per heavy atom. The highest BCUT2D eigenvalue weighted by Crippen LogP contribution is 2.30. The number of halogens is 4. The van der Waals surface area contributed by atoms with E-state index in [1.165, 1.54) is 6.07 Å². The molecule has 0 heterocycles. The Labute approximate surface area is 124 Å². The molecule has 0 unspecified atom stereocenters. The van der Waals surface area contributed by atoms with Gasteiger partial charge in [0.05, 0.1) is 20.6 Å². The highest BCUT2D eigenvalue weighted by atomic mass is 35.5. The second-order valence-corrected chi connectivity index (χ2v) is 5.21. The van der Waals surface area contributed by atoms with E-state index in [0.717, 1.165) is 0 Å². The molecular formula is C13H6Cl4O.